The number of hydrogen-bond donors (Lipinski definition) is 1. The second kappa shape index (κ2) is 5.47. The number of likely N-dealkylation sites (tertiary alicyclic amines) is 1. The summed E-state index contributed by atoms with van der Waals surface area (Å²) in [5, 5.41) is 2.80. The van der Waals surface area contributed by atoms with E-state index in [-0.39, 0.29) is 23.5 Å². The van der Waals surface area contributed by atoms with Crippen molar-refractivity contribution in [1.29, 1.82) is 0 Å². The SMILES string of the molecule is Cc1ccc(CNC(=O)C2CC(=O)N(C3CC3)C2)cc1F. The van der Waals surface area contributed by atoms with Gasteiger partial charge in [0.1, 0.15) is 5.82 Å². The molecule has 112 valence electrons. The number of halogens is 1. The van der Waals surface area contributed by atoms with Crippen LogP contribution in [0.3, 0.4) is 0 Å². The van der Waals surface area contributed by atoms with Gasteiger partial charge in [-0.3, -0.25) is 9.59 Å². The smallest absolute Gasteiger partial charge is 0.225 e. The number of nitrogens with zero attached hydrogens (tertiary/aromatic N) is 1. The van der Waals surface area contributed by atoms with E-state index in [0.717, 1.165) is 18.4 Å². The Bertz CT molecular complexity index is 584. The molecule has 2 fully saturated rings. The summed E-state index contributed by atoms with van der Waals surface area (Å²) in [5.74, 6) is -0.572. The Labute approximate surface area is 123 Å². The highest BCUT2D eigenvalue weighted by molar-refractivity contribution is 5.89. The molecule has 1 saturated carbocycles. The molecule has 0 bridgehead atoms. The van der Waals surface area contributed by atoms with E-state index in [4.69, 9.17) is 0 Å². The summed E-state index contributed by atoms with van der Waals surface area (Å²) in [4.78, 5) is 25.8. The Hall–Kier alpha value is -1.91. The largest absolute Gasteiger partial charge is 0.352 e. The summed E-state index contributed by atoms with van der Waals surface area (Å²) in [6.07, 6.45) is 2.41. The summed E-state index contributed by atoms with van der Waals surface area (Å²) < 4.78 is 13.4. The number of amides is 2. The van der Waals surface area contributed by atoms with E-state index in [1.54, 1.807) is 19.1 Å². The highest BCUT2D eigenvalue weighted by Gasteiger charge is 2.41. The van der Waals surface area contributed by atoms with E-state index in [0.29, 0.717) is 31.1 Å². The van der Waals surface area contributed by atoms with Crippen molar-refractivity contribution in [2.75, 3.05) is 6.54 Å². The Morgan fingerprint density at radius 3 is 2.86 bits per heavy atom. The Morgan fingerprint density at radius 2 is 2.19 bits per heavy atom. The van der Waals surface area contributed by atoms with Crippen molar-refractivity contribution in [1.82, 2.24) is 10.2 Å². The van der Waals surface area contributed by atoms with Crippen LogP contribution in [-0.2, 0) is 16.1 Å². The van der Waals surface area contributed by atoms with E-state index >= 15 is 0 Å². The van der Waals surface area contributed by atoms with Gasteiger partial charge in [-0.2, -0.15) is 0 Å². The summed E-state index contributed by atoms with van der Waals surface area (Å²) >= 11 is 0. The van der Waals surface area contributed by atoms with Crippen molar-refractivity contribution in [3.63, 3.8) is 0 Å². The molecular weight excluding hydrogens is 271 g/mol. The zero-order valence-electron chi connectivity index (χ0n) is 12.1. The van der Waals surface area contributed by atoms with E-state index in [9.17, 15) is 14.0 Å². The second-order valence-corrected chi connectivity index (χ2v) is 5.98. The van der Waals surface area contributed by atoms with Gasteiger partial charge in [0.05, 0.1) is 5.92 Å². The maximum atomic E-state index is 13.4. The minimum absolute atomic E-state index is 0.0824. The van der Waals surface area contributed by atoms with Crippen LogP contribution in [0, 0.1) is 18.7 Å². The van der Waals surface area contributed by atoms with Crippen molar-refractivity contribution >= 4 is 11.8 Å². The van der Waals surface area contributed by atoms with Crippen LogP contribution in [0.4, 0.5) is 4.39 Å². The van der Waals surface area contributed by atoms with E-state index < -0.39 is 0 Å². The molecule has 1 aromatic carbocycles. The standard InChI is InChI=1S/C16H19FN2O2/c1-10-2-3-11(6-14(10)17)8-18-16(21)12-7-15(20)19(9-12)13-4-5-13/h2-3,6,12-13H,4-5,7-9H2,1H3,(H,18,21). The van der Waals surface area contributed by atoms with Crippen molar-refractivity contribution in [2.24, 2.45) is 5.92 Å². The Morgan fingerprint density at radius 1 is 1.43 bits per heavy atom. The quantitative estimate of drug-likeness (QED) is 0.918. The van der Waals surface area contributed by atoms with Gasteiger partial charge in [-0.15, -0.1) is 0 Å². The average Bonchev–Trinajstić information content (AvgIpc) is 3.22. The van der Waals surface area contributed by atoms with Gasteiger partial charge in [0, 0.05) is 25.6 Å². The number of rotatable bonds is 4. The average molecular weight is 290 g/mol. The van der Waals surface area contributed by atoms with Crippen LogP contribution >= 0.6 is 0 Å². The van der Waals surface area contributed by atoms with Gasteiger partial charge >= 0.3 is 0 Å². The van der Waals surface area contributed by atoms with Crippen LogP contribution in [0.25, 0.3) is 0 Å². The third-order valence-electron chi connectivity index (χ3n) is 4.22. The molecule has 1 N–H and O–H groups in total. The zero-order valence-corrected chi connectivity index (χ0v) is 12.1. The first-order chi connectivity index (χ1) is 10.0. The topological polar surface area (TPSA) is 49.4 Å². The number of aryl methyl sites for hydroxylation is 1. The fraction of sp³-hybridized carbons (Fsp3) is 0.500. The van der Waals surface area contributed by atoms with Gasteiger partial charge < -0.3 is 10.2 Å². The molecular formula is C16H19FN2O2. The molecule has 2 aliphatic rings. The highest BCUT2D eigenvalue weighted by atomic mass is 19.1. The molecule has 1 aliphatic heterocycles. The van der Waals surface area contributed by atoms with Crippen molar-refractivity contribution < 1.29 is 14.0 Å². The molecule has 0 radical (unpaired) electrons. The lowest BCUT2D eigenvalue weighted by molar-refractivity contribution is -0.129. The predicted octanol–water partition coefficient (Wildman–Crippen LogP) is 1.76. The number of benzene rings is 1. The molecule has 1 unspecified atom stereocenters. The van der Waals surface area contributed by atoms with Gasteiger partial charge in [-0.05, 0) is 37.0 Å². The maximum absolute atomic E-state index is 13.4. The molecule has 1 aliphatic carbocycles. The first-order valence-corrected chi connectivity index (χ1v) is 7.37. The summed E-state index contributed by atoms with van der Waals surface area (Å²) in [5.41, 5.74) is 1.32. The van der Waals surface area contributed by atoms with E-state index in [1.807, 2.05) is 4.90 Å². The first-order valence-electron chi connectivity index (χ1n) is 7.37. The maximum Gasteiger partial charge on any atom is 0.225 e. The minimum atomic E-state index is -0.270. The Kier molecular flexibility index (Phi) is 3.66. The lowest BCUT2D eigenvalue weighted by atomic mass is 10.1. The Balaban J connectivity index is 1.54. The van der Waals surface area contributed by atoms with Crippen LogP contribution in [-0.4, -0.2) is 29.3 Å². The van der Waals surface area contributed by atoms with Crippen LogP contribution in [0.5, 0.6) is 0 Å². The molecule has 1 saturated heterocycles. The molecule has 0 aromatic heterocycles. The molecule has 5 heteroatoms. The summed E-state index contributed by atoms with van der Waals surface area (Å²) in [6.45, 7) is 2.52. The first kappa shape index (κ1) is 14.0. The summed E-state index contributed by atoms with van der Waals surface area (Å²) in [6, 6.07) is 5.30. The van der Waals surface area contributed by atoms with Gasteiger partial charge in [0.15, 0.2) is 0 Å². The monoisotopic (exact) mass is 290 g/mol. The third kappa shape index (κ3) is 3.06. The normalized spacial score (nSPS) is 21.7. The molecule has 0 spiro atoms. The molecule has 3 rings (SSSR count). The van der Waals surface area contributed by atoms with Crippen molar-refractivity contribution in [2.45, 2.75) is 38.8 Å². The fourth-order valence-corrected chi connectivity index (χ4v) is 2.73. The number of carbonyl (C=O) groups excluding carboxylic acids is 2. The number of nitrogens with one attached hydrogen (secondary N) is 1. The minimum Gasteiger partial charge on any atom is -0.352 e. The molecule has 1 atom stereocenters. The van der Waals surface area contributed by atoms with Gasteiger partial charge in [0.2, 0.25) is 11.8 Å². The number of carbonyl (C=O) groups is 2. The third-order valence-corrected chi connectivity index (χ3v) is 4.22. The number of hydrogen-bond acceptors (Lipinski definition) is 2. The van der Waals surface area contributed by atoms with Crippen molar-refractivity contribution in [3.8, 4) is 0 Å². The van der Waals surface area contributed by atoms with Crippen molar-refractivity contribution in [3.05, 3.63) is 35.1 Å². The van der Waals surface area contributed by atoms with E-state index in [2.05, 4.69) is 5.32 Å². The molecule has 4 nitrogen and oxygen atoms in total. The van der Waals surface area contributed by atoms with Gasteiger partial charge in [-0.1, -0.05) is 12.1 Å². The second-order valence-electron chi connectivity index (χ2n) is 5.98. The molecule has 1 aromatic rings. The van der Waals surface area contributed by atoms with E-state index in [1.165, 1.54) is 6.07 Å². The molecule has 21 heavy (non-hydrogen) atoms. The lowest BCUT2D eigenvalue weighted by Gasteiger charge is -2.15. The lowest BCUT2D eigenvalue weighted by Crippen LogP contribution is -2.33. The van der Waals surface area contributed by atoms with Gasteiger partial charge in [-0.25, -0.2) is 4.39 Å². The molecule has 1 heterocycles. The van der Waals surface area contributed by atoms with Gasteiger partial charge in [0.25, 0.3) is 0 Å². The molecule has 2 amide bonds. The van der Waals surface area contributed by atoms with Crippen LogP contribution in [0.15, 0.2) is 18.2 Å². The van der Waals surface area contributed by atoms with Crippen LogP contribution < -0.4 is 5.32 Å². The zero-order chi connectivity index (χ0) is 15.0. The summed E-state index contributed by atoms with van der Waals surface area (Å²) in [7, 11) is 0. The highest BCUT2D eigenvalue weighted by Crippen LogP contribution is 2.32. The fourth-order valence-electron chi connectivity index (χ4n) is 2.73. The predicted molar refractivity (Wildman–Crippen MR) is 75.8 cm³/mol. The van der Waals surface area contributed by atoms with Crippen LogP contribution in [0.2, 0.25) is 0 Å². The van der Waals surface area contributed by atoms with Crippen LogP contribution in [0.1, 0.15) is 30.4 Å².